The molecule has 1 saturated heterocycles. The second-order valence-electron chi connectivity index (χ2n) is 10.9. The SMILES string of the molecule is CC.CCOC(=O)c1cn(C2CC3(C2)CN(C(=O)OC(C)(C)C)C3)nc1-c1ccc(Oc2ccccc2)cc1. The van der Waals surface area contributed by atoms with E-state index in [0.717, 1.165) is 24.2 Å². The molecule has 1 aliphatic heterocycles. The van der Waals surface area contributed by atoms with Crippen molar-refractivity contribution in [3.8, 4) is 22.8 Å². The zero-order valence-corrected chi connectivity index (χ0v) is 23.8. The number of likely N-dealkylation sites (tertiary alicyclic amines) is 1. The third kappa shape index (κ3) is 6.44. The predicted molar refractivity (Wildman–Crippen MR) is 150 cm³/mol. The number of hydrogen-bond acceptors (Lipinski definition) is 6. The average molecular weight is 534 g/mol. The van der Waals surface area contributed by atoms with Gasteiger partial charge in [-0.3, -0.25) is 4.68 Å². The minimum atomic E-state index is -0.497. The van der Waals surface area contributed by atoms with Gasteiger partial charge in [-0.25, -0.2) is 9.59 Å². The zero-order chi connectivity index (χ0) is 28.2. The first-order chi connectivity index (χ1) is 18.6. The number of rotatable bonds is 6. The van der Waals surface area contributed by atoms with Gasteiger partial charge in [0.05, 0.1) is 12.6 Å². The van der Waals surface area contributed by atoms with Crippen LogP contribution in [0, 0.1) is 5.41 Å². The Morgan fingerprint density at radius 1 is 0.974 bits per heavy atom. The molecule has 2 aromatic carbocycles. The lowest BCUT2D eigenvalue weighted by molar-refractivity contribution is -0.0927. The van der Waals surface area contributed by atoms with Gasteiger partial charge in [-0.1, -0.05) is 32.0 Å². The van der Waals surface area contributed by atoms with E-state index in [9.17, 15) is 9.59 Å². The Kier molecular flexibility index (Phi) is 8.33. The van der Waals surface area contributed by atoms with E-state index in [2.05, 4.69) is 0 Å². The van der Waals surface area contributed by atoms with Crippen molar-refractivity contribution < 1.29 is 23.8 Å². The molecule has 39 heavy (non-hydrogen) atoms. The number of benzene rings is 2. The number of para-hydroxylation sites is 1. The molecule has 0 atom stereocenters. The summed E-state index contributed by atoms with van der Waals surface area (Å²) >= 11 is 0. The average Bonchev–Trinajstić information content (AvgIpc) is 3.29. The molecule has 8 nitrogen and oxygen atoms in total. The fourth-order valence-corrected chi connectivity index (χ4v) is 5.06. The molecule has 0 bridgehead atoms. The van der Waals surface area contributed by atoms with E-state index in [1.54, 1.807) is 18.0 Å². The molecule has 2 aliphatic rings. The maximum absolute atomic E-state index is 12.8. The molecule has 0 radical (unpaired) electrons. The van der Waals surface area contributed by atoms with Crippen molar-refractivity contribution in [1.82, 2.24) is 14.7 Å². The van der Waals surface area contributed by atoms with Gasteiger partial charge in [-0.15, -0.1) is 0 Å². The van der Waals surface area contributed by atoms with E-state index >= 15 is 0 Å². The first-order valence-electron chi connectivity index (χ1n) is 13.7. The lowest BCUT2D eigenvalue weighted by Gasteiger charge is -2.58. The Morgan fingerprint density at radius 2 is 1.59 bits per heavy atom. The highest BCUT2D eigenvalue weighted by atomic mass is 16.6. The smallest absolute Gasteiger partial charge is 0.410 e. The van der Waals surface area contributed by atoms with E-state index in [4.69, 9.17) is 19.3 Å². The summed E-state index contributed by atoms with van der Waals surface area (Å²) in [6.07, 6.45) is 3.34. The van der Waals surface area contributed by atoms with E-state index in [1.807, 2.05) is 93.9 Å². The summed E-state index contributed by atoms with van der Waals surface area (Å²) in [4.78, 5) is 26.8. The van der Waals surface area contributed by atoms with Gasteiger partial charge in [0.2, 0.25) is 0 Å². The van der Waals surface area contributed by atoms with Crippen LogP contribution in [-0.4, -0.2) is 52.0 Å². The maximum Gasteiger partial charge on any atom is 0.410 e. The van der Waals surface area contributed by atoms with Gasteiger partial charge in [0.1, 0.15) is 28.4 Å². The van der Waals surface area contributed by atoms with Crippen molar-refractivity contribution in [3.05, 3.63) is 66.4 Å². The van der Waals surface area contributed by atoms with E-state index in [1.165, 1.54) is 0 Å². The fraction of sp³-hybridized carbons (Fsp3) is 0.452. The summed E-state index contributed by atoms with van der Waals surface area (Å²) in [5, 5.41) is 4.82. The first-order valence-corrected chi connectivity index (χ1v) is 13.7. The molecule has 8 heteroatoms. The van der Waals surface area contributed by atoms with Gasteiger partial charge in [-0.2, -0.15) is 5.10 Å². The lowest BCUT2D eigenvalue weighted by Crippen LogP contribution is -2.64. The van der Waals surface area contributed by atoms with Crippen LogP contribution in [0.1, 0.15) is 70.8 Å². The highest BCUT2D eigenvalue weighted by Crippen LogP contribution is 2.54. The zero-order valence-electron chi connectivity index (χ0n) is 23.8. The number of carbonyl (C=O) groups is 2. The van der Waals surface area contributed by atoms with Crippen LogP contribution in [-0.2, 0) is 9.47 Å². The van der Waals surface area contributed by atoms with Gasteiger partial charge < -0.3 is 19.1 Å². The van der Waals surface area contributed by atoms with Gasteiger partial charge in [0.25, 0.3) is 0 Å². The number of carbonyl (C=O) groups excluding carboxylic acids is 2. The van der Waals surface area contributed by atoms with Crippen molar-refractivity contribution in [2.75, 3.05) is 19.7 Å². The Balaban J connectivity index is 0.00000172. The largest absolute Gasteiger partial charge is 0.462 e. The third-order valence-electron chi connectivity index (χ3n) is 6.75. The number of ether oxygens (including phenoxy) is 3. The second-order valence-corrected chi connectivity index (χ2v) is 10.9. The van der Waals surface area contributed by atoms with Crippen LogP contribution < -0.4 is 4.74 Å². The fourth-order valence-electron chi connectivity index (χ4n) is 5.06. The lowest BCUT2D eigenvalue weighted by atomic mass is 9.61. The second kappa shape index (κ2) is 11.5. The van der Waals surface area contributed by atoms with Gasteiger partial charge in [-0.05, 0) is 76.9 Å². The van der Waals surface area contributed by atoms with Crippen LogP contribution >= 0.6 is 0 Å². The van der Waals surface area contributed by atoms with Crippen molar-refractivity contribution in [2.45, 2.75) is 66.0 Å². The standard InChI is InChI=1S/C29H33N3O5.C2H6/c1-5-35-26(33)24-17-32(21-15-29(16-21)18-31(19-29)27(34)37-28(2,3)4)30-25(24)20-11-13-23(14-12-20)36-22-9-7-6-8-10-22;1-2/h6-14,17,21H,5,15-16,18-19H2,1-4H3;1-2H3. The molecular formula is C31H39N3O5. The summed E-state index contributed by atoms with van der Waals surface area (Å²) in [5.74, 6) is 1.07. The summed E-state index contributed by atoms with van der Waals surface area (Å²) in [6.45, 7) is 13.1. The molecule has 0 unspecified atom stereocenters. The predicted octanol–water partition coefficient (Wildman–Crippen LogP) is 7.12. The molecule has 3 aromatic rings. The van der Waals surface area contributed by atoms with Crippen LogP contribution in [0.2, 0.25) is 0 Å². The van der Waals surface area contributed by atoms with Crippen LogP contribution in [0.15, 0.2) is 60.8 Å². The van der Waals surface area contributed by atoms with Gasteiger partial charge in [0.15, 0.2) is 0 Å². The first kappa shape index (κ1) is 28.2. The summed E-state index contributed by atoms with van der Waals surface area (Å²) in [7, 11) is 0. The number of esters is 1. The van der Waals surface area contributed by atoms with E-state index in [-0.39, 0.29) is 23.5 Å². The normalized spacial score (nSPS) is 15.9. The highest BCUT2D eigenvalue weighted by molar-refractivity contribution is 5.96. The molecule has 2 fully saturated rings. The maximum atomic E-state index is 12.8. The van der Waals surface area contributed by atoms with Crippen molar-refractivity contribution in [3.63, 3.8) is 0 Å². The topological polar surface area (TPSA) is 82.9 Å². The molecule has 5 rings (SSSR count). The van der Waals surface area contributed by atoms with E-state index in [0.29, 0.717) is 36.7 Å². The Hall–Kier alpha value is -3.81. The molecule has 1 amide bonds. The summed E-state index contributed by atoms with van der Waals surface area (Å²) in [6, 6.07) is 17.3. The molecule has 2 heterocycles. The molecule has 1 spiro atoms. The molecule has 1 saturated carbocycles. The van der Waals surface area contributed by atoms with Gasteiger partial charge >= 0.3 is 12.1 Å². The van der Waals surface area contributed by atoms with Crippen LogP contribution in [0.3, 0.4) is 0 Å². The molecule has 208 valence electrons. The highest BCUT2D eigenvalue weighted by Gasteiger charge is 2.55. The third-order valence-corrected chi connectivity index (χ3v) is 6.75. The number of amides is 1. The summed E-state index contributed by atoms with van der Waals surface area (Å²) in [5.41, 5.74) is 1.46. The number of nitrogens with zero attached hydrogens (tertiary/aromatic N) is 3. The Bertz CT molecular complexity index is 1260. The number of aromatic nitrogens is 2. The molecule has 1 aliphatic carbocycles. The molecular weight excluding hydrogens is 494 g/mol. The number of hydrogen-bond donors (Lipinski definition) is 0. The molecule has 0 N–H and O–H groups in total. The van der Waals surface area contributed by atoms with Crippen molar-refractivity contribution >= 4 is 12.1 Å². The minimum Gasteiger partial charge on any atom is -0.462 e. The quantitative estimate of drug-likeness (QED) is 0.314. The van der Waals surface area contributed by atoms with Crippen LogP contribution in [0.5, 0.6) is 11.5 Å². The summed E-state index contributed by atoms with van der Waals surface area (Å²) < 4.78 is 18.6. The van der Waals surface area contributed by atoms with Crippen LogP contribution in [0.25, 0.3) is 11.3 Å². The minimum absolute atomic E-state index is 0.105. The monoisotopic (exact) mass is 533 g/mol. The van der Waals surface area contributed by atoms with Crippen molar-refractivity contribution in [2.24, 2.45) is 5.41 Å². The van der Waals surface area contributed by atoms with Gasteiger partial charge in [0, 0.05) is 30.3 Å². The van der Waals surface area contributed by atoms with Crippen LogP contribution in [0.4, 0.5) is 4.79 Å². The molecule has 1 aromatic heterocycles. The Morgan fingerprint density at radius 3 is 2.18 bits per heavy atom. The van der Waals surface area contributed by atoms with E-state index < -0.39 is 5.60 Å². The Labute approximate surface area is 230 Å². The van der Waals surface area contributed by atoms with Crippen molar-refractivity contribution in [1.29, 1.82) is 0 Å².